The predicted octanol–water partition coefficient (Wildman–Crippen LogP) is 1.52. The van der Waals surface area contributed by atoms with Gasteiger partial charge in [0.2, 0.25) is 11.8 Å². The van der Waals surface area contributed by atoms with Crippen molar-refractivity contribution in [2.45, 2.75) is 25.7 Å². The Morgan fingerprint density at radius 3 is 2.52 bits per heavy atom. The third kappa shape index (κ3) is 3.69. The van der Waals surface area contributed by atoms with Crippen LogP contribution in [0.3, 0.4) is 0 Å². The number of hydrogen-bond acceptors (Lipinski definition) is 6. The summed E-state index contributed by atoms with van der Waals surface area (Å²) in [7, 11) is 1.30. The number of likely N-dealkylation sites (tertiary alicyclic amines) is 1. The van der Waals surface area contributed by atoms with Crippen LogP contribution in [0.15, 0.2) is 6.20 Å². The van der Waals surface area contributed by atoms with Crippen LogP contribution in [-0.2, 0) is 14.3 Å². The van der Waals surface area contributed by atoms with Gasteiger partial charge in [-0.1, -0.05) is 11.3 Å². The molecular weight excluding hydrogens is 318 g/mol. The third-order valence-electron chi connectivity index (χ3n) is 4.23. The van der Waals surface area contributed by atoms with Gasteiger partial charge in [0.05, 0.1) is 13.3 Å². The van der Waals surface area contributed by atoms with Crippen LogP contribution in [-0.4, -0.2) is 47.9 Å². The van der Waals surface area contributed by atoms with E-state index in [1.165, 1.54) is 13.3 Å². The van der Waals surface area contributed by atoms with E-state index < -0.39 is 5.97 Å². The number of carbonyl (C=O) groups excluding carboxylic acids is 3. The Labute approximate surface area is 138 Å². The van der Waals surface area contributed by atoms with E-state index in [0.29, 0.717) is 35.9 Å². The van der Waals surface area contributed by atoms with E-state index in [2.05, 4.69) is 15.0 Å². The summed E-state index contributed by atoms with van der Waals surface area (Å²) >= 11 is 1.09. The van der Waals surface area contributed by atoms with Gasteiger partial charge in [0.25, 0.3) is 0 Å². The predicted molar refractivity (Wildman–Crippen MR) is 84.1 cm³/mol. The minimum atomic E-state index is -0.463. The first-order valence-corrected chi connectivity index (χ1v) is 8.54. The summed E-state index contributed by atoms with van der Waals surface area (Å²) in [5.74, 6) is -0.216. The maximum Gasteiger partial charge on any atom is 0.349 e. The number of aromatic nitrogens is 1. The van der Waals surface area contributed by atoms with Crippen molar-refractivity contribution in [3.8, 4) is 0 Å². The summed E-state index contributed by atoms with van der Waals surface area (Å²) in [6.07, 6.45) is 4.74. The molecule has 2 fully saturated rings. The molecule has 0 aromatic carbocycles. The van der Waals surface area contributed by atoms with Crippen LogP contribution in [0.2, 0.25) is 0 Å². The highest BCUT2D eigenvalue weighted by molar-refractivity contribution is 7.17. The minimum absolute atomic E-state index is 0.103. The molecule has 7 nitrogen and oxygen atoms in total. The van der Waals surface area contributed by atoms with Gasteiger partial charge in [0, 0.05) is 24.9 Å². The lowest BCUT2D eigenvalue weighted by Crippen LogP contribution is -2.42. The quantitative estimate of drug-likeness (QED) is 0.842. The molecule has 3 rings (SSSR count). The molecule has 0 bridgehead atoms. The zero-order valence-electron chi connectivity index (χ0n) is 12.9. The first-order chi connectivity index (χ1) is 11.1. The largest absolute Gasteiger partial charge is 0.465 e. The molecule has 1 N–H and O–H groups in total. The number of nitrogens with zero attached hydrogens (tertiary/aromatic N) is 2. The third-order valence-corrected chi connectivity index (χ3v) is 5.12. The van der Waals surface area contributed by atoms with Crippen LogP contribution in [0.5, 0.6) is 0 Å². The number of esters is 1. The molecule has 0 spiro atoms. The fourth-order valence-corrected chi connectivity index (χ4v) is 3.42. The van der Waals surface area contributed by atoms with Gasteiger partial charge in [-0.3, -0.25) is 9.59 Å². The number of anilines is 1. The number of piperidine rings is 1. The molecule has 1 aliphatic carbocycles. The molecule has 1 aromatic heterocycles. The molecule has 23 heavy (non-hydrogen) atoms. The fraction of sp³-hybridized carbons (Fsp3) is 0.600. The second-order valence-corrected chi connectivity index (χ2v) is 6.91. The van der Waals surface area contributed by atoms with E-state index in [0.717, 1.165) is 24.2 Å². The standard InChI is InChI=1S/C15H19N3O4S/c1-22-14(21)11-8-16-15(23-11)17-12(19)9-4-6-18(7-5-9)13(20)10-2-3-10/h8-10H,2-7H2,1H3,(H,16,17,19). The van der Waals surface area contributed by atoms with Crippen molar-refractivity contribution in [1.82, 2.24) is 9.88 Å². The molecule has 1 aromatic rings. The van der Waals surface area contributed by atoms with Crippen molar-refractivity contribution in [2.24, 2.45) is 11.8 Å². The highest BCUT2D eigenvalue weighted by Crippen LogP contribution is 2.32. The smallest absolute Gasteiger partial charge is 0.349 e. The summed E-state index contributed by atoms with van der Waals surface area (Å²) in [5.41, 5.74) is 0. The Balaban J connectivity index is 1.50. The van der Waals surface area contributed by atoms with E-state index in [1.807, 2.05) is 4.90 Å². The lowest BCUT2D eigenvalue weighted by molar-refractivity contribution is -0.135. The van der Waals surface area contributed by atoms with Gasteiger partial charge < -0.3 is 15.0 Å². The lowest BCUT2D eigenvalue weighted by atomic mass is 9.95. The Bertz CT molecular complexity index is 618. The number of thiazole rings is 1. The molecule has 0 unspecified atom stereocenters. The van der Waals surface area contributed by atoms with Crippen LogP contribution < -0.4 is 5.32 Å². The number of hydrogen-bond donors (Lipinski definition) is 1. The van der Waals surface area contributed by atoms with E-state index >= 15 is 0 Å². The average molecular weight is 337 g/mol. The Hall–Kier alpha value is -1.96. The van der Waals surface area contributed by atoms with E-state index in [1.54, 1.807) is 0 Å². The van der Waals surface area contributed by atoms with Gasteiger partial charge in [0.15, 0.2) is 5.13 Å². The molecule has 2 amide bonds. The highest BCUT2D eigenvalue weighted by Gasteiger charge is 2.36. The SMILES string of the molecule is COC(=O)c1cnc(NC(=O)C2CCN(C(=O)C3CC3)CC2)s1. The average Bonchev–Trinajstić information content (AvgIpc) is 3.33. The maximum absolute atomic E-state index is 12.3. The number of carbonyl (C=O) groups is 3. The number of nitrogens with one attached hydrogen (secondary N) is 1. The van der Waals surface area contributed by atoms with E-state index in [9.17, 15) is 14.4 Å². The fourth-order valence-electron chi connectivity index (χ4n) is 2.68. The summed E-state index contributed by atoms with van der Waals surface area (Å²) < 4.78 is 4.61. The Morgan fingerprint density at radius 2 is 1.91 bits per heavy atom. The van der Waals surface area contributed by atoms with Crippen molar-refractivity contribution in [3.63, 3.8) is 0 Å². The summed E-state index contributed by atoms with van der Waals surface area (Å²) in [6, 6.07) is 0. The number of rotatable bonds is 4. The molecule has 1 saturated carbocycles. The Morgan fingerprint density at radius 1 is 1.22 bits per heavy atom. The monoisotopic (exact) mass is 337 g/mol. The van der Waals surface area contributed by atoms with Gasteiger partial charge >= 0.3 is 5.97 Å². The van der Waals surface area contributed by atoms with Crippen molar-refractivity contribution in [3.05, 3.63) is 11.1 Å². The topological polar surface area (TPSA) is 88.6 Å². The molecule has 8 heteroatoms. The zero-order chi connectivity index (χ0) is 16.4. The van der Waals surface area contributed by atoms with Crippen LogP contribution >= 0.6 is 11.3 Å². The number of methoxy groups -OCH3 is 1. The molecule has 0 radical (unpaired) electrons. The van der Waals surface area contributed by atoms with Gasteiger partial charge in [-0.25, -0.2) is 9.78 Å². The highest BCUT2D eigenvalue weighted by atomic mass is 32.1. The van der Waals surface area contributed by atoms with Crippen LogP contribution in [0, 0.1) is 11.8 Å². The van der Waals surface area contributed by atoms with Gasteiger partial charge in [-0.2, -0.15) is 0 Å². The Kier molecular flexibility index (Phi) is 4.61. The van der Waals surface area contributed by atoms with E-state index in [-0.39, 0.29) is 23.7 Å². The van der Waals surface area contributed by atoms with Crippen molar-refractivity contribution in [1.29, 1.82) is 0 Å². The van der Waals surface area contributed by atoms with Gasteiger partial charge in [0.1, 0.15) is 4.88 Å². The second kappa shape index (κ2) is 6.66. The summed E-state index contributed by atoms with van der Waals surface area (Å²) in [6.45, 7) is 1.28. The molecule has 124 valence electrons. The van der Waals surface area contributed by atoms with Crippen molar-refractivity contribution < 1.29 is 19.1 Å². The lowest BCUT2D eigenvalue weighted by Gasteiger charge is -2.31. The van der Waals surface area contributed by atoms with E-state index in [4.69, 9.17) is 0 Å². The van der Waals surface area contributed by atoms with Crippen molar-refractivity contribution in [2.75, 3.05) is 25.5 Å². The minimum Gasteiger partial charge on any atom is -0.465 e. The molecule has 1 saturated heterocycles. The van der Waals surface area contributed by atoms with Gasteiger partial charge in [-0.15, -0.1) is 0 Å². The molecule has 0 atom stereocenters. The maximum atomic E-state index is 12.3. The second-order valence-electron chi connectivity index (χ2n) is 5.88. The molecular formula is C15H19N3O4S. The molecule has 2 aliphatic rings. The van der Waals surface area contributed by atoms with Crippen LogP contribution in [0.4, 0.5) is 5.13 Å². The summed E-state index contributed by atoms with van der Waals surface area (Å²) in [4.78, 5) is 41.9. The number of amides is 2. The van der Waals surface area contributed by atoms with Gasteiger partial charge in [-0.05, 0) is 25.7 Å². The molecule has 2 heterocycles. The van der Waals surface area contributed by atoms with Crippen molar-refractivity contribution >= 4 is 34.3 Å². The first-order valence-electron chi connectivity index (χ1n) is 7.72. The first kappa shape index (κ1) is 15.9. The summed E-state index contributed by atoms with van der Waals surface area (Å²) in [5, 5.41) is 3.14. The molecule has 1 aliphatic heterocycles. The normalized spacial score (nSPS) is 18.6. The zero-order valence-corrected chi connectivity index (χ0v) is 13.7. The number of ether oxygens (including phenoxy) is 1. The van der Waals surface area contributed by atoms with Crippen LogP contribution in [0.25, 0.3) is 0 Å². The van der Waals surface area contributed by atoms with Crippen LogP contribution in [0.1, 0.15) is 35.4 Å².